The summed E-state index contributed by atoms with van der Waals surface area (Å²) in [6.07, 6.45) is 2.78. The van der Waals surface area contributed by atoms with E-state index in [2.05, 4.69) is 41.1 Å². The molecule has 1 unspecified atom stereocenters. The van der Waals surface area contributed by atoms with Crippen LogP contribution >= 0.6 is 0 Å². The highest BCUT2D eigenvalue weighted by molar-refractivity contribution is 5.20. The van der Waals surface area contributed by atoms with Gasteiger partial charge in [-0.2, -0.15) is 5.10 Å². The van der Waals surface area contributed by atoms with Crippen LogP contribution < -0.4 is 5.32 Å². The summed E-state index contributed by atoms with van der Waals surface area (Å²) in [5, 5.41) is 8.03. The van der Waals surface area contributed by atoms with Gasteiger partial charge in [-0.25, -0.2) is 0 Å². The smallest absolute Gasteiger partial charge is 0.101 e. The number of rotatable bonds is 6. The summed E-state index contributed by atoms with van der Waals surface area (Å²) in [5.74, 6) is 0.957. The van der Waals surface area contributed by atoms with Gasteiger partial charge in [-0.05, 0) is 39.4 Å². The standard InChI is InChI=1S/C15H23N3O/c1-5-16-15(13-8-12(4)19-10-13)9-14-7-11(3)17-18(14)6-2/h7-8,10,15-16H,5-6,9H2,1-4H3. The first kappa shape index (κ1) is 13.9. The van der Waals surface area contributed by atoms with Crippen molar-refractivity contribution in [3.05, 3.63) is 41.1 Å². The van der Waals surface area contributed by atoms with E-state index in [0.717, 1.165) is 31.0 Å². The molecule has 1 N–H and O–H groups in total. The number of likely N-dealkylation sites (N-methyl/N-ethyl adjacent to an activating group) is 1. The van der Waals surface area contributed by atoms with Crippen molar-refractivity contribution in [1.29, 1.82) is 0 Å². The Labute approximate surface area is 114 Å². The molecule has 0 aliphatic heterocycles. The van der Waals surface area contributed by atoms with Crippen LogP contribution in [0.1, 0.15) is 42.6 Å². The number of hydrogen-bond donors (Lipinski definition) is 1. The molecule has 0 saturated carbocycles. The van der Waals surface area contributed by atoms with Crippen LogP contribution in [0.25, 0.3) is 0 Å². The van der Waals surface area contributed by atoms with Crippen LogP contribution in [0, 0.1) is 13.8 Å². The van der Waals surface area contributed by atoms with Crippen molar-refractivity contribution < 1.29 is 4.42 Å². The number of aryl methyl sites for hydroxylation is 3. The molecular weight excluding hydrogens is 238 g/mol. The molecule has 0 radical (unpaired) electrons. The van der Waals surface area contributed by atoms with Crippen molar-refractivity contribution >= 4 is 0 Å². The van der Waals surface area contributed by atoms with Crippen LogP contribution in [0.3, 0.4) is 0 Å². The number of nitrogens with zero attached hydrogens (tertiary/aromatic N) is 2. The normalized spacial score (nSPS) is 12.8. The number of nitrogens with one attached hydrogen (secondary N) is 1. The Kier molecular flexibility index (Phi) is 4.43. The van der Waals surface area contributed by atoms with Gasteiger partial charge in [0.1, 0.15) is 5.76 Å². The summed E-state index contributed by atoms with van der Waals surface area (Å²) in [5.41, 5.74) is 3.56. The minimum Gasteiger partial charge on any atom is -0.469 e. The lowest BCUT2D eigenvalue weighted by Crippen LogP contribution is -2.23. The van der Waals surface area contributed by atoms with Crippen LogP contribution in [0.2, 0.25) is 0 Å². The van der Waals surface area contributed by atoms with E-state index in [4.69, 9.17) is 4.42 Å². The molecule has 0 fully saturated rings. The molecule has 2 aromatic heterocycles. The van der Waals surface area contributed by atoms with Crippen LogP contribution in [-0.4, -0.2) is 16.3 Å². The van der Waals surface area contributed by atoms with Crippen LogP contribution in [0.4, 0.5) is 0 Å². The van der Waals surface area contributed by atoms with Crippen molar-refractivity contribution in [3.63, 3.8) is 0 Å². The van der Waals surface area contributed by atoms with E-state index < -0.39 is 0 Å². The van der Waals surface area contributed by atoms with Crippen molar-refractivity contribution in [2.24, 2.45) is 0 Å². The molecule has 4 heteroatoms. The van der Waals surface area contributed by atoms with E-state index in [1.165, 1.54) is 11.3 Å². The highest BCUT2D eigenvalue weighted by Crippen LogP contribution is 2.21. The van der Waals surface area contributed by atoms with E-state index >= 15 is 0 Å². The Morgan fingerprint density at radius 1 is 1.32 bits per heavy atom. The zero-order chi connectivity index (χ0) is 13.8. The summed E-state index contributed by atoms with van der Waals surface area (Å²) < 4.78 is 7.50. The Balaban J connectivity index is 2.20. The average Bonchev–Trinajstić information content (AvgIpc) is 2.95. The van der Waals surface area contributed by atoms with Crippen molar-refractivity contribution in [3.8, 4) is 0 Å². The Bertz CT molecular complexity index is 527. The molecule has 0 saturated heterocycles. The van der Waals surface area contributed by atoms with Gasteiger partial charge in [0.25, 0.3) is 0 Å². The van der Waals surface area contributed by atoms with Gasteiger partial charge in [0.05, 0.1) is 12.0 Å². The zero-order valence-electron chi connectivity index (χ0n) is 12.2. The zero-order valence-corrected chi connectivity index (χ0v) is 12.2. The van der Waals surface area contributed by atoms with Gasteiger partial charge in [0.2, 0.25) is 0 Å². The molecule has 0 aliphatic rings. The van der Waals surface area contributed by atoms with Gasteiger partial charge in [-0.15, -0.1) is 0 Å². The highest BCUT2D eigenvalue weighted by atomic mass is 16.3. The van der Waals surface area contributed by atoms with E-state index in [1.807, 2.05) is 20.1 Å². The van der Waals surface area contributed by atoms with Crippen LogP contribution in [0.15, 0.2) is 22.8 Å². The maximum Gasteiger partial charge on any atom is 0.101 e. The monoisotopic (exact) mass is 261 g/mol. The van der Waals surface area contributed by atoms with Gasteiger partial charge < -0.3 is 9.73 Å². The highest BCUT2D eigenvalue weighted by Gasteiger charge is 2.16. The fraction of sp³-hybridized carbons (Fsp3) is 0.533. The van der Waals surface area contributed by atoms with Gasteiger partial charge in [0.15, 0.2) is 0 Å². The summed E-state index contributed by atoms with van der Waals surface area (Å²) in [7, 11) is 0. The largest absolute Gasteiger partial charge is 0.469 e. The quantitative estimate of drug-likeness (QED) is 0.869. The SMILES string of the molecule is CCNC(Cc1cc(C)nn1CC)c1coc(C)c1. The molecule has 19 heavy (non-hydrogen) atoms. The molecule has 0 amide bonds. The molecule has 2 heterocycles. The van der Waals surface area contributed by atoms with Crippen LogP contribution in [-0.2, 0) is 13.0 Å². The summed E-state index contributed by atoms with van der Waals surface area (Å²) in [6.45, 7) is 10.1. The predicted molar refractivity (Wildman–Crippen MR) is 76.2 cm³/mol. The molecule has 1 atom stereocenters. The predicted octanol–water partition coefficient (Wildman–Crippen LogP) is 3.01. The summed E-state index contributed by atoms with van der Waals surface area (Å²) >= 11 is 0. The minimum absolute atomic E-state index is 0.281. The van der Waals surface area contributed by atoms with Crippen molar-refractivity contribution in [2.75, 3.05) is 6.54 Å². The van der Waals surface area contributed by atoms with E-state index in [1.54, 1.807) is 0 Å². The second-order valence-electron chi connectivity index (χ2n) is 4.90. The van der Waals surface area contributed by atoms with E-state index in [-0.39, 0.29) is 6.04 Å². The van der Waals surface area contributed by atoms with Gasteiger partial charge in [-0.1, -0.05) is 6.92 Å². The molecule has 0 bridgehead atoms. The molecule has 0 spiro atoms. The molecule has 2 aromatic rings. The number of aromatic nitrogens is 2. The Morgan fingerprint density at radius 3 is 2.68 bits per heavy atom. The third kappa shape index (κ3) is 3.26. The summed E-state index contributed by atoms with van der Waals surface area (Å²) in [6, 6.07) is 4.55. The molecule has 0 aromatic carbocycles. The lowest BCUT2D eigenvalue weighted by atomic mass is 10.0. The van der Waals surface area contributed by atoms with Gasteiger partial charge in [-0.3, -0.25) is 4.68 Å². The first-order valence-corrected chi connectivity index (χ1v) is 6.95. The first-order valence-electron chi connectivity index (χ1n) is 6.95. The van der Waals surface area contributed by atoms with Crippen molar-refractivity contribution in [1.82, 2.24) is 15.1 Å². The second-order valence-corrected chi connectivity index (χ2v) is 4.90. The lowest BCUT2D eigenvalue weighted by Gasteiger charge is -2.16. The summed E-state index contributed by atoms with van der Waals surface area (Å²) in [4.78, 5) is 0. The molecule has 2 rings (SSSR count). The van der Waals surface area contributed by atoms with Gasteiger partial charge in [0, 0.05) is 30.3 Å². The van der Waals surface area contributed by atoms with Crippen molar-refractivity contribution in [2.45, 2.75) is 46.7 Å². The maximum absolute atomic E-state index is 5.43. The van der Waals surface area contributed by atoms with E-state index in [0.29, 0.717) is 0 Å². The fourth-order valence-electron chi connectivity index (χ4n) is 2.45. The average molecular weight is 261 g/mol. The van der Waals surface area contributed by atoms with Gasteiger partial charge >= 0.3 is 0 Å². The first-order chi connectivity index (χ1) is 9.13. The number of furan rings is 1. The second kappa shape index (κ2) is 6.06. The lowest BCUT2D eigenvalue weighted by molar-refractivity contribution is 0.498. The third-order valence-electron chi connectivity index (χ3n) is 3.30. The molecule has 4 nitrogen and oxygen atoms in total. The van der Waals surface area contributed by atoms with Crippen LogP contribution in [0.5, 0.6) is 0 Å². The number of hydrogen-bond acceptors (Lipinski definition) is 3. The topological polar surface area (TPSA) is 43.0 Å². The minimum atomic E-state index is 0.281. The Morgan fingerprint density at radius 2 is 2.11 bits per heavy atom. The Hall–Kier alpha value is -1.55. The maximum atomic E-state index is 5.43. The van der Waals surface area contributed by atoms with E-state index in [9.17, 15) is 0 Å². The third-order valence-corrected chi connectivity index (χ3v) is 3.30. The molecule has 0 aliphatic carbocycles. The molecule has 104 valence electrons. The molecular formula is C15H23N3O. The fourth-order valence-corrected chi connectivity index (χ4v) is 2.45.